The van der Waals surface area contributed by atoms with Crippen LogP contribution in [-0.4, -0.2) is 17.4 Å². The Bertz CT molecular complexity index is 791. The number of carbonyl (C=O) groups is 1. The maximum absolute atomic E-state index is 12.5. The van der Waals surface area contributed by atoms with Crippen LogP contribution in [0.15, 0.2) is 48.3 Å². The standard InChI is InChI=1S/C22H27N3O/c1-16-10-17(2)12-20(11-16)25-22(26)19-13-21(15-23-14-19)24-9-8-18-6-4-3-5-7-18/h6,10-15,24H,3-5,7-9H2,1-2H3,(H,25,26). The van der Waals surface area contributed by atoms with Crippen LogP contribution >= 0.6 is 0 Å². The fourth-order valence-electron chi connectivity index (χ4n) is 3.41. The zero-order valence-corrected chi connectivity index (χ0v) is 15.6. The van der Waals surface area contributed by atoms with Gasteiger partial charge in [0.2, 0.25) is 0 Å². The highest BCUT2D eigenvalue weighted by atomic mass is 16.1. The summed E-state index contributed by atoms with van der Waals surface area (Å²) in [6, 6.07) is 7.89. The lowest BCUT2D eigenvalue weighted by Gasteiger charge is -2.13. The Morgan fingerprint density at radius 3 is 2.58 bits per heavy atom. The number of aromatic nitrogens is 1. The van der Waals surface area contributed by atoms with E-state index >= 15 is 0 Å². The Morgan fingerprint density at radius 1 is 1.04 bits per heavy atom. The molecule has 0 atom stereocenters. The van der Waals surface area contributed by atoms with E-state index in [2.05, 4.69) is 27.8 Å². The van der Waals surface area contributed by atoms with E-state index in [1.807, 2.05) is 32.0 Å². The highest BCUT2D eigenvalue weighted by Crippen LogP contribution is 2.20. The largest absolute Gasteiger partial charge is 0.383 e. The van der Waals surface area contributed by atoms with Crippen molar-refractivity contribution >= 4 is 17.3 Å². The molecule has 1 aliphatic rings. The third-order valence-corrected chi connectivity index (χ3v) is 4.64. The summed E-state index contributed by atoms with van der Waals surface area (Å²) < 4.78 is 0. The first-order chi connectivity index (χ1) is 12.6. The first-order valence-corrected chi connectivity index (χ1v) is 9.36. The molecule has 4 nitrogen and oxygen atoms in total. The van der Waals surface area contributed by atoms with Gasteiger partial charge in [0.25, 0.3) is 5.91 Å². The highest BCUT2D eigenvalue weighted by Gasteiger charge is 2.09. The number of hydrogen-bond donors (Lipinski definition) is 2. The number of aryl methyl sites for hydroxylation is 2. The molecule has 2 aromatic rings. The topological polar surface area (TPSA) is 54.0 Å². The number of pyridine rings is 1. The van der Waals surface area contributed by atoms with E-state index in [4.69, 9.17) is 0 Å². The smallest absolute Gasteiger partial charge is 0.257 e. The molecule has 26 heavy (non-hydrogen) atoms. The van der Waals surface area contributed by atoms with Crippen LogP contribution < -0.4 is 10.6 Å². The molecule has 1 aromatic carbocycles. The fourth-order valence-corrected chi connectivity index (χ4v) is 3.41. The van der Waals surface area contributed by atoms with E-state index in [-0.39, 0.29) is 5.91 Å². The van der Waals surface area contributed by atoms with E-state index in [0.717, 1.165) is 35.5 Å². The molecular weight excluding hydrogens is 322 g/mol. The zero-order valence-electron chi connectivity index (χ0n) is 15.6. The van der Waals surface area contributed by atoms with Crippen LogP contribution in [0.2, 0.25) is 0 Å². The fraction of sp³-hybridized carbons (Fsp3) is 0.364. The number of amides is 1. The van der Waals surface area contributed by atoms with Crippen molar-refractivity contribution in [1.82, 2.24) is 4.98 Å². The normalized spacial score (nSPS) is 13.8. The van der Waals surface area contributed by atoms with Crippen LogP contribution in [-0.2, 0) is 0 Å². The quantitative estimate of drug-likeness (QED) is 0.700. The molecule has 0 saturated heterocycles. The molecule has 0 aliphatic heterocycles. The summed E-state index contributed by atoms with van der Waals surface area (Å²) in [5.74, 6) is -0.138. The molecule has 1 aromatic heterocycles. The first-order valence-electron chi connectivity index (χ1n) is 9.36. The molecule has 0 saturated carbocycles. The molecule has 4 heteroatoms. The predicted octanol–water partition coefficient (Wildman–Crippen LogP) is 5.25. The van der Waals surface area contributed by atoms with Gasteiger partial charge in [-0.25, -0.2) is 0 Å². The summed E-state index contributed by atoms with van der Waals surface area (Å²) in [6.07, 6.45) is 11.9. The first kappa shape index (κ1) is 18.2. The molecule has 0 spiro atoms. The molecular formula is C22H27N3O. The third-order valence-electron chi connectivity index (χ3n) is 4.64. The number of hydrogen-bond acceptors (Lipinski definition) is 3. The van der Waals surface area contributed by atoms with Gasteiger partial charge in [0.05, 0.1) is 11.3 Å². The van der Waals surface area contributed by atoms with Crippen molar-refractivity contribution in [3.05, 3.63) is 65.0 Å². The van der Waals surface area contributed by atoms with Crippen molar-refractivity contribution in [2.24, 2.45) is 0 Å². The molecule has 1 heterocycles. The van der Waals surface area contributed by atoms with Gasteiger partial charge >= 0.3 is 0 Å². The Labute approximate surface area is 155 Å². The second-order valence-electron chi connectivity index (χ2n) is 7.08. The van der Waals surface area contributed by atoms with Crippen molar-refractivity contribution < 1.29 is 4.79 Å². The SMILES string of the molecule is Cc1cc(C)cc(NC(=O)c2cncc(NCCC3=CCCCC3)c2)c1. The van der Waals surface area contributed by atoms with Gasteiger partial charge in [-0.3, -0.25) is 9.78 Å². The van der Waals surface area contributed by atoms with E-state index in [0.29, 0.717) is 5.56 Å². The number of allylic oxidation sites excluding steroid dienone is 1. The van der Waals surface area contributed by atoms with Gasteiger partial charge < -0.3 is 10.6 Å². The molecule has 1 amide bonds. The van der Waals surface area contributed by atoms with Gasteiger partial charge in [-0.1, -0.05) is 17.7 Å². The minimum atomic E-state index is -0.138. The molecule has 136 valence electrons. The van der Waals surface area contributed by atoms with Crippen LogP contribution in [0.5, 0.6) is 0 Å². The minimum absolute atomic E-state index is 0.138. The maximum Gasteiger partial charge on any atom is 0.257 e. The number of rotatable bonds is 6. The van der Waals surface area contributed by atoms with E-state index in [1.165, 1.54) is 25.7 Å². The summed E-state index contributed by atoms with van der Waals surface area (Å²) >= 11 is 0. The molecule has 0 unspecified atom stereocenters. The van der Waals surface area contributed by atoms with Crippen LogP contribution in [0.3, 0.4) is 0 Å². The summed E-state index contributed by atoms with van der Waals surface area (Å²) in [4.78, 5) is 16.7. The van der Waals surface area contributed by atoms with E-state index in [9.17, 15) is 4.79 Å². The number of nitrogens with zero attached hydrogens (tertiary/aromatic N) is 1. The predicted molar refractivity (Wildman–Crippen MR) is 108 cm³/mol. The lowest BCUT2D eigenvalue weighted by Crippen LogP contribution is -2.13. The van der Waals surface area contributed by atoms with Gasteiger partial charge in [-0.15, -0.1) is 0 Å². The van der Waals surface area contributed by atoms with Crippen molar-refractivity contribution in [3.63, 3.8) is 0 Å². The molecule has 0 bridgehead atoms. The summed E-state index contributed by atoms with van der Waals surface area (Å²) in [7, 11) is 0. The Morgan fingerprint density at radius 2 is 1.85 bits per heavy atom. The van der Waals surface area contributed by atoms with E-state index < -0.39 is 0 Å². The third kappa shape index (κ3) is 5.19. The highest BCUT2D eigenvalue weighted by molar-refractivity contribution is 6.04. The summed E-state index contributed by atoms with van der Waals surface area (Å²) in [5.41, 5.74) is 6.06. The molecule has 0 fully saturated rings. The van der Waals surface area contributed by atoms with Crippen LogP contribution in [0.25, 0.3) is 0 Å². The number of benzene rings is 1. The number of nitrogens with one attached hydrogen (secondary N) is 2. The van der Waals surface area contributed by atoms with Gasteiger partial charge in [0, 0.05) is 24.6 Å². The lowest BCUT2D eigenvalue weighted by molar-refractivity contribution is 0.102. The number of carbonyl (C=O) groups excluding carboxylic acids is 1. The molecule has 2 N–H and O–H groups in total. The Kier molecular flexibility index (Phi) is 6.05. The maximum atomic E-state index is 12.5. The second kappa shape index (κ2) is 8.65. The number of anilines is 2. The zero-order chi connectivity index (χ0) is 18.4. The van der Waals surface area contributed by atoms with Gasteiger partial charge in [-0.05, 0) is 75.3 Å². The van der Waals surface area contributed by atoms with Crippen molar-refractivity contribution in [2.75, 3.05) is 17.2 Å². The molecule has 0 radical (unpaired) electrons. The Balaban J connectivity index is 1.59. The minimum Gasteiger partial charge on any atom is -0.383 e. The Hall–Kier alpha value is -2.62. The summed E-state index contributed by atoms with van der Waals surface area (Å²) in [5, 5.41) is 6.35. The average molecular weight is 349 g/mol. The average Bonchev–Trinajstić information content (AvgIpc) is 2.62. The van der Waals surface area contributed by atoms with Crippen LogP contribution in [0.4, 0.5) is 11.4 Å². The molecule has 3 rings (SSSR count). The van der Waals surface area contributed by atoms with Crippen molar-refractivity contribution in [3.8, 4) is 0 Å². The van der Waals surface area contributed by atoms with Crippen LogP contribution in [0.1, 0.15) is 53.6 Å². The van der Waals surface area contributed by atoms with Crippen LogP contribution in [0, 0.1) is 13.8 Å². The lowest BCUT2D eigenvalue weighted by atomic mass is 9.97. The van der Waals surface area contributed by atoms with Crippen molar-refractivity contribution in [1.29, 1.82) is 0 Å². The second-order valence-corrected chi connectivity index (χ2v) is 7.08. The van der Waals surface area contributed by atoms with Gasteiger partial charge in [0.1, 0.15) is 0 Å². The monoisotopic (exact) mass is 349 g/mol. The van der Waals surface area contributed by atoms with Crippen molar-refractivity contribution in [2.45, 2.75) is 46.0 Å². The van der Waals surface area contributed by atoms with Gasteiger partial charge in [-0.2, -0.15) is 0 Å². The van der Waals surface area contributed by atoms with Gasteiger partial charge in [0.15, 0.2) is 0 Å². The van der Waals surface area contributed by atoms with E-state index in [1.54, 1.807) is 18.0 Å². The summed E-state index contributed by atoms with van der Waals surface area (Å²) in [6.45, 7) is 4.92. The molecule has 1 aliphatic carbocycles.